The number of carbonyl (C=O) groups excluding carboxylic acids is 1. The van der Waals surface area contributed by atoms with E-state index in [9.17, 15) is 14.7 Å². The molecule has 0 radical (unpaired) electrons. The summed E-state index contributed by atoms with van der Waals surface area (Å²) in [4.78, 5) is 27.6. The summed E-state index contributed by atoms with van der Waals surface area (Å²) < 4.78 is 0. The zero-order valence-electron chi connectivity index (χ0n) is 16.5. The van der Waals surface area contributed by atoms with E-state index in [0.717, 1.165) is 11.1 Å². The number of amides is 1. The van der Waals surface area contributed by atoms with E-state index in [1.54, 1.807) is 53.4 Å². The van der Waals surface area contributed by atoms with Crippen LogP contribution >= 0.6 is 34.8 Å². The van der Waals surface area contributed by atoms with Crippen LogP contribution in [0.1, 0.15) is 44.6 Å². The van der Waals surface area contributed by atoms with Crippen LogP contribution in [0, 0.1) is 6.92 Å². The number of hydrogen-bond acceptors (Lipinski definition) is 2. The van der Waals surface area contributed by atoms with E-state index in [0.29, 0.717) is 31.8 Å². The molecule has 1 aliphatic heterocycles. The van der Waals surface area contributed by atoms with E-state index in [1.165, 1.54) is 0 Å². The Labute approximate surface area is 195 Å². The third-order valence-corrected chi connectivity index (χ3v) is 6.43. The molecule has 0 saturated heterocycles. The largest absolute Gasteiger partial charge is 0.481 e. The number of carboxylic acid groups (broad SMARTS) is 1. The van der Waals surface area contributed by atoms with Crippen LogP contribution in [0.2, 0.25) is 15.1 Å². The maximum atomic E-state index is 13.6. The van der Waals surface area contributed by atoms with Crippen LogP contribution in [0.25, 0.3) is 0 Å². The molecule has 4 rings (SSSR count). The van der Waals surface area contributed by atoms with Gasteiger partial charge in [-0.15, -0.1) is 0 Å². The lowest BCUT2D eigenvalue weighted by Gasteiger charge is -2.41. The number of nitrogens with zero attached hydrogens (tertiary/aromatic N) is 1. The van der Waals surface area contributed by atoms with Crippen LogP contribution in [0.4, 0.5) is 0 Å². The molecular formula is C24H18Cl3NO3. The number of halogens is 3. The molecule has 7 heteroatoms. The van der Waals surface area contributed by atoms with Crippen molar-refractivity contribution >= 4 is 46.7 Å². The summed E-state index contributed by atoms with van der Waals surface area (Å²) in [5.74, 6) is -2.27. The van der Waals surface area contributed by atoms with Gasteiger partial charge in [0.05, 0.1) is 6.04 Å². The summed E-state index contributed by atoms with van der Waals surface area (Å²) in [5.41, 5.74) is 3.17. The lowest BCUT2D eigenvalue weighted by atomic mass is 9.79. The first-order valence-corrected chi connectivity index (χ1v) is 10.7. The van der Waals surface area contributed by atoms with E-state index in [2.05, 4.69) is 0 Å². The van der Waals surface area contributed by atoms with Crippen molar-refractivity contribution in [2.45, 2.75) is 25.4 Å². The van der Waals surface area contributed by atoms with Crippen molar-refractivity contribution < 1.29 is 14.7 Å². The Morgan fingerprint density at radius 3 is 2.32 bits per heavy atom. The van der Waals surface area contributed by atoms with Crippen LogP contribution in [0.15, 0.2) is 60.7 Å². The fourth-order valence-electron chi connectivity index (χ4n) is 4.14. The molecule has 1 aliphatic rings. The summed E-state index contributed by atoms with van der Waals surface area (Å²) in [5, 5.41) is 11.5. The van der Waals surface area contributed by atoms with Gasteiger partial charge in [0.1, 0.15) is 5.92 Å². The van der Waals surface area contributed by atoms with Crippen LogP contribution in [-0.2, 0) is 11.3 Å². The van der Waals surface area contributed by atoms with E-state index in [4.69, 9.17) is 34.8 Å². The first-order valence-electron chi connectivity index (χ1n) is 9.60. The van der Waals surface area contributed by atoms with Crippen molar-refractivity contribution in [1.29, 1.82) is 0 Å². The predicted molar refractivity (Wildman–Crippen MR) is 122 cm³/mol. The lowest BCUT2D eigenvalue weighted by Crippen LogP contribution is -2.44. The zero-order chi connectivity index (χ0) is 22.3. The summed E-state index contributed by atoms with van der Waals surface area (Å²) in [6.07, 6.45) is 0. The maximum absolute atomic E-state index is 13.6. The Balaban J connectivity index is 1.92. The van der Waals surface area contributed by atoms with Gasteiger partial charge in [0, 0.05) is 27.2 Å². The van der Waals surface area contributed by atoms with Gasteiger partial charge in [-0.1, -0.05) is 65.1 Å². The van der Waals surface area contributed by atoms with Gasteiger partial charge in [-0.3, -0.25) is 9.59 Å². The lowest BCUT2D eigenvalue weighted by molar-refractivity contribution is -0.140. The Morgan fingerprint density at radius 1 is 0.968 bits per heavy atom. The van der Waals surface area contributed by atoms with Crippen LogP contribution in [-0.4, -0.2) is 21.9 Å². The third kappa shape index (κ3) is 4.03. The number of rotatable bonds is 4. The zero-order valence-corrected chi connectivity index (χ0v) is 18.7. The Hall–Kier alpha value is -2.53. The van der Waals surface area contributed by atoms with Gasteiger partial charge in [0.2, 0.25) is 0 Å². The predicted octanol–water partition coefficient (Wildman–Crippen LogP) is 6.52. The highest BCUT2D eigenvalue weighted by Gasteiger charge is 2.45. The normalized spacial score (nSPS) is 18.1. The van der Waals surface area contributed by atoms with Crippen molar-refractivity contribution in [2.75, 3.05) is 0 Å². The molecule has 0 spiro atoms. The first-order chi connectivity index (χ1) is 14.8. The quantitative estimate of drug-likeness (QED) is 0.468. The monoisotopic (exact) mass is 473 g/mol. The fourth-order valence-corrected chi connectivity index (χ4v) is 4.89. The molecule has 0 bridgehead atoms. The van der Waals surface area contributed by atoms with E-state index in [-0.39, 0.29) is 12.5 Å². The van der Waals surface area contributed by atoms with Crippen LogP contribution < -0.4 is 0 Å². The van der Waals surface area contributed by atoms with Crippen molar-refractivity contribution in [3.8, 4) is 0 Å². The topological polar surface area (TPSA) is 57.6 Å². The average molecular weight is 475 g/mol. The standard InChI is InChI=1S/C24H18Cl3NO3/c1-13-10-15(25)7-6-14(13)12-28-22(19-9-8-16(26)11-20(19)27)21(24(30)31)17-4-2-3-5-18(17)23(28)29/h2-11,21-22H,12H2,1H3,(H,30,31). The Morgan fingerprint density at radius 2 is 1.65 bits per heavy atom. The molecule has 0 aliphatic carbocycles. The van der Waals surface area contributed by atoms with Crippen LogP contribution in [0.3, 0.4) is 0 Å². The molecule has 158 valence electrons. The molecule has 31 heavy (non-hydrogen) atoms. The summed E-state index contributed by atoms with van der Waals surface area (Å²) in [7, 11) is 0. The van der Waals surface area contributed by atoms with Crippen molar-refractivity contribution in [3.63, 3.8) is 0 Å². The third-order valence-electron chi connectivity index (χ3n) is 5.63. The molecule has 0 saturated carbocycles. The minimum absolute atomic E-state index is 0.212. The van der Waals surface area contributed by atoms with E-state index < -0.39 is 17.9 Å². The molecule has 1 N–H and O–H groups in total. The minimum Gasteiger partial charge on any atom is -0.481 e. The SMILES string of the molecule is Cc1cc(Cl)ccc1CN1C(=O)c2ccccc2C(C(=O)O)C1c1ccc(Cl)cc1Cl. The molecule has 3 aromatic carbocycles. The molecule has 1 heterocycles. The van der Waals surface area contributed by atoms with Gasteiger partial charge < -0.3 is 10.0 Å². The van der Waals surface area contributed by atoms with Gasteiger partial charge >= 0.3 is 5.97 Å². The number of fused-ring (bicyclic) bond motifs is 1. The van der Waals surface area contributed by atoms with Gasteiger partial charge in [-0.05, 0) is 59.5 Å². The van der Waals surface area contributed by atoms with Crippen molar-refractivity contribution in [2.24, 2.45) is 0 Å². The molecule has 0 aromatic heterocycles. The van der Waals surface area contributed by atoms with E-state index in [1.807, 2.05) is 19.1 Å². The minimum atomic E-state index is -1.03. The van der Waals surface area contributed by atoms with Crippen molar-refractivity contribution in [3.05, 3.63) is 104 Å². The number of aliphatic carboxylic acids is 1. The second kappa shape index (κ2) is 8.54. The molecule has 3 aromatic rings. The number of hydrogen-bond donors (Lipinski definition) is 1. The molecular weight excluding hydrogens is 457 g/mol. The van der Waals surface area contributed by atoms with Crippen LogP contribution in [0.5, 0.6) is 0 Å². The van der Waals surface area contributed by atoms with Gasteiger partial charge in [-0.25, -0.2) is 0 Å². The number of benzene rings is 3. The second-order valence-electron chi connectivity index (χ2n) is 7.52. The molecule has 2 atom stereocenters. The molecule has 0 fully saturated rings. The number of carboxylic acids is 1. The molecule has 1 amide bonds. The van der Waals surface area contributed by atoms with Gasteiger partial charge in [0.25, 0.3) is 5.91 Å². The smallest absolute Gasteiger partial charge is 0.313 e. The summed E-state index contributed by atoms with van der Waals surface area (Å²) in [6.45, 7) is 2.12. The first kappa shape index (κ1) is 21.7. The number of aryl methyl sites for hydroxylation is 1. The highest BCUT2D eigenvalue weighted by atomic mass is 35.5. The highest BCUT2D eigenvalue weighted by Crippen LogP contribution is 2.46. The summed E-state index contributed by atoms with van der Waals surface area (Å²) in [6, 6.07) is 16.3. The highest BCUT2D eigenvalue weighted by molar-refractivity contribution is 6.35. The molecule has 2 unspecified atom stereocenters. The van der Waals surface area contributed by atoms with E-state index >= 15 is 0 Å². The van der Waals surface area contributed by atoms with Gasteiger partial charge in [-0.2, -0.15) is 0 Å². The van der Waals surface area contributed by atoms with Gasteiger partial charge in [0.15, 0.2) is 0 Å². The second-order valence-corrected chi connectivity index (χ2v) is 8.80. The fraction of sp³-hybridized carbons (Fsp3) is 0.167. The Bertz CT molecular complexity index is 1190. The molecule has 4 nitrogen and oxygen atoms in total. The maximum Gasteiger partial charge on any atom is 0.313 e. The van der Waals surface area contributed by atoms with Crippen molar-refractivity contribution in [1.82, 2.24) is 4.90 Å². The summed E-state index contributed by atoms with van der Waals surface area (Å²) >= 11 is 18.7. The number of carbonyl (C=O) groups is 2. The average Bonchev–Trinajstić information content (AvgIpc) is 2.71. The Kier molecular flexibility index (Phi) is 5.98.